The highest BCUT2D eigenvalue weighted by molar-refractivity contribution is 7.61. The quantitative estimate of drug-likeness (QED) is 0.0527. The third-order valence-corrected chi connectivity index (χ3v) is 12.8. The molecule has 3 aromatic heterocycles. The van der Waals surface area contributed by atoms with Gasteiger partial charge in [-0.15, -0.1) is 0 Å². The minimum atomic E-state index is -5.47. The van der Waals surface area contributed by atoms with E-state index >= 15 is 0 Å². The fraction of sp³-hybridized carbons (Fsp3) is 0.500. The predicted octanol–water partition coefficient (Wildman–Crippen LogP) is -0.319. The first kappa shape index (κ1) is 45.6. The average molecular weight is 920 g/mol. The molecule has 4 aromatic rings. The Balaban J connectivity index is 0.940. The molecule has 0 bridgehead atoms. The van der Waals surface area contributed by atoms with E-state index in [-0.39, 0.29) is 30.2 Å². The number of phosphoric acid groups is 2. The second-order valence-corrected chi connectivity index (χ2v) is 17.4. The van der Waals surface area contributed by atoms with Crippen LogP contribution in [0.25, 0.3) is 11.2 Å². The van der Waals surface area contributed by atoms with Crippen LogP contribution in [0.15, 0.2) is 67.5 Å². The van der Waals surface area contributed by atoms with Gasteiger partial charge in [0.25, 0.3) is 12.2 Å². The number of aliphatic hydroxyl groups excluding tert-OH is 4. The van der Waals surface area contributed by atoms with Crippen molar-refractivity contribution in [1.29, 1.82) is 0 Å². The summed E-state index contributed by atoms with van der Waals surface area (Å²) in [6, 6.07) is 8.47. The van der Waals surface area contributed by atoms with Crippen LogP contribution in [0.5, 0.6) is 5.75 Å². The van der Waals surface area contributed by atoms with Crippen molar-refractivity contribution < 1.29 is 89.8 Å². The number of anilines is 1. The molecule has 24 nitrogen and oxygen atoms in total. The molecule has 2 amide bonds. The smallest absolute Gasteiger partial charge is 0.481 e. The number of hydrogen-bond donors (Lipinski definition) is 8. The zero-order valence-corrected chi connectivity index (χ0v) is 34.1. The molecular weight excluding hydrogens is 876 g/mol. The number of nitrogens with two attached hydrogens (primary N) is 1. The summed E-state index contributed by atoms with van der Waals surface area (Å²) in [5.41, 5.74) is 6.57. The molecule has 28 heteroatoms. The number of nitrogen functional groups attached to an aromatic ring is 1. The lowest BCUT2D eigenvalue weighted by molar-refractivity contribution is -0.765. The van der Waals surface area contributed by atoms with E-state index in [0.29, 0.717) is 11.3 Å². The highest BCUT2D eigenvalue weighted by Gasteiger charge is 2.51. The summed E-state index contributed by atoms with van der Waals surface area (Å²) in [6.45, 7) is -3.19. The summed E-state index contributed by atoms with van der Waals surface area (Å²) in [5.74, 6) is -2.76. The summed E-state index contributed by atoms with van der Waals surface area (Å²) in [7, 11) is -9.52. The minimum Gasteiger partial charge on any atom is -0.491 e. The van der Waals surface area contributed by atoms with E-state index < -0.39 is 109 Å². The maximum Gasteiger partial charge on any atom is 0.481 e. The molecule has 62 heavy (non-hydrogen) atoms. The standard InChI is InChI=1S/C34H42F2N8O16P2/c1-42(33(49)41-23-14-54-15-34(23,35)36)20(11-55-19-5-3-2-4-6-19)18-7-9-43(10-8-18)31-27(47)25(45)21(58-31)12-56-61(50,51)60-62(52,53)57-13-22-26(46)28(48)32(59-22)44-17-40-24-29(37)38-16-39-30(24)44/h2-10,16-17,20-23,25-28,31-32,45-48H,11-15H2,1H3,(H4-,37,38,39,41,49,50,51,52,53)/p+1/t20-,21+,22-,23+,25+,26+,27+,28+,31+,32+/m0/s1. The SMILES string of the molecule is CN(C(=O)N[C@@H]1COCC1(F)F)[C@@H](COc1ccccc1)c1cc[n+]([C@@H]2O[C@H](COP(=O)(O)OP(=O)(O)OC[C@@H]3O[C@@H](n4cnc5c(N)ncnc54)[C@H](O)[C@@H]3O)[C@@H](O)[C@H]2O)cc1. The zero-order valence-electron chi connectivity index (χ0n) is 32.3. The monoisotopic (exact) mass is 919 g/mol. The zero-order chi connectivity index (χ0) is 44.6. The lowest BCUT2D eigenvalue weighted by atomic mass is 10.1. The molecule has 0 aliphatic carbocycles. The van der Waals surface area contributed by atoms with Crippen molar-refractivity contribution >= 4 is 38.7 Å². The number of hydrogen-bond acceptors (Lipinski definition) is 18. The summed E-state index contributed by atoms with van der Waals surface area (Å²) in [5, 5.41) is 45.0. The van der Waals surface area contributed by atoms with Gasteiger partial charge in [0, 0.05) is 19.2 Å². The van der Waals surface area contributed by atoms with Crippen molar-refractivity contribution in [3.05, 3.63) is 73.1 Å². The highest BCUT2D eigenvalue weighted by atomic mass is 31.3. The number of nitrogens with zero attached hydrogens (tertiary/aromatic N) is 6. The highest BCUT2D eigenvalue weighted by Crippen LogP contribution is 2.60. The number of aliphatic hydroxyl groups is 4. The largest absolute Gasteiger partial charge is 0.491 e. The Morgan fingerprint density at radius 1 is 0.984 bits per heavy atom. The van der Waals surface area contributed by atoms with Gasteiger partial charge in [0.15, 0.2) is 36.2 Å². The van der Waals surface area contributed by atoms with Gasteiger partial charge in [-0.2, -0.15) is 8.88 Å². The average Bonchev–Trinajstić information content (AvgIpc) is 3.97. The maximum atomic E-state index is 14.2. The van der Waals surface area contributed by atoms with E-state index in [2.05, 4.69) is 24.6 Å². The number of carbonyl (C=O) groups excluding carboxylic acids is 1. The Kier molecular flexibility index (Phi) is 13.5. The minimum absolute atomic E-state index is 0.0337. The number of benzene rings is 1. The van der Waals surface area contributed by atoms with Gasteiger partial charge in [-0.05, 0) is 17.7 Å². The van der Waals surface area contributed by atoms with Crippen LogP contribution in [0.3, 0.4) is 0 Å². The second-order valence-electron chi connectivity index (χ2n) is 14.4. The van der Waals surface area contributed by atoms with Gasteiger partial charge in [0.2, 0.25) is 0 Å². The van der Waals surface area contributed by atoms with Gasteiger partial charge >= 0.3 is 21.7 Å². The van der Waals surface area contributed by atoms with E-state index in [1.54, 1.807) is 30.3 Å². The van der Waals surface area contributed by atoms with Crippen LogP contribution in [0, 0.1) is 0 Å². The Hall–Kier alpha value is -4.37. The molecule has 0 saturated carbocycles. The summed E-state index contributed by atoms with van der Waals surface area (Å²) in [6.07, 6.45) is -7.07. The van der Waals surface area contributed by atoms with Crippen molar-refractivity contribution in [3.63, 3.8) is 0 Å². The molecule has 3 fully saturated rings. The molecule has 0 radical (unpaired) electrons. The van der Waals surface area contributed by atoms with Crippen molar-refractivity contribution in [2.75, 3.05) is 45.8 Å². The fourth-order valence-corrected chi connectivity index (χ4v) is 8.91. The molecule has 0 spiro atoms. The number of amides is 2. The number of alkyl halides is 2. The third kappa shape index (κ3) is 10.0. The Bertz CT molecular complexity index is 2290. The number of imidazole rings is 1. The summed E-state index contributed by atoms with van der Waals surface area (Å²) in [4.78, 5) is 46.7. The Labute approximate surface area is 349 Å². The van der Waals surface area contributed by atoms with Crippen LogP contribution in [0.4, 0.5) is 19.4 Å². The van der Waals surface area contributed by atoms with Crippen molar-refractivity contribution in [2.24, 2.45) is 0 Å². The summed E-state index contributed by atoms with van der Waals surface area (Å²) >= 11 is 0. The molecule has 9 N–H and O–H groups in total. The van der Waals surface area contributed by atoms with E-state index in [1.807, 2.05) is 0 Å². The number of likely N-dealkylation sites (N-methyl/N-ethyl adjacent to an activating group) is 1. The van der Waals surface area contributed by atoms with Gasteiger partial charge in [-0.1, -0.05) is 18.2 Å². The van der Waals surface area contributed by atoms with E-state index in [4.69, 9.17) is 33.7 Å². The first-order valence-corrected chi connectivity index (χ1v) is 21.6. The number of ether oxygens (including phenoxy) is 4. The van der Waals surface area contributed by atoms with Crippen molar-refractivity contribution in [1.82, 2.24) is 29.7 Å². The van der Waals surface area contributed by atoms with E-state index in [1.165, 1.54) is 51.9 Å². The van der Waals surface area contributed by atoms with Crippen LogP contribution in [-0.2, 0) is 36.7 Å². The van der Waals surface area contributed by atoms with Crippen LogP contribution in [0.1, 0.15) is 24.1 Å². The fourth-order valence-electron chi connectivity index (χ4n) is 6.82. The van der Waals surface area contributed by atoms with Gasteiger partial charge in [0.1, 0.15) is 67.4 Å². The molecular formula is C34H43F2N8O16P2+. The molecule has 6 heterocycles. The lowest BCUT2D eigenvalue weighted by Crippen LogP contribution is -2.52. The Morgan fingerprint density at radius 3 is 2.27 bits per heavy atom. The number of urea groups is 1. The molecule has 3 aliphatic heterocycles. The number of phosphoric ester groups is 2. The maximum absolute atomic E-state index is 14.2. The first-order valence-electron chi connectivity index (χ1n) is 18.6. The number of nitrogens with one attached hydrogen (secondary N) is 1. The number of carbonyl (C=O) groups is 1. The molecule has 12 atom stereocenters. The topological polar surface area (TPSA) is 326 Å². The van der Waals surface area contributed by atoms with Crippen LogP contribution < -0.4 is 20.4 Å². The van der Waals surface area contributed by atoms with Gasteiger partial charge < -0.3 is 65.1 Å². The number of aromatic nitrogens is 5. The van der Waals surface area contributed by atoms with Gasteiger partial charge in [-0.3, -0.25) is 13.6 Å². The van der Waals surface area contributed by atoms with Crippen LogP contribution in [-0.4, -0.2) is 149 Å². The normalized spacial score (nSPS) is 29.5. The molecule has 2 unspecified atom stereocenters. The van der Waals surface area contributed by atoms with Gasteiger partial charge in [0.05, 0.1) is 32.2 Å². The molecule has 338 valence electrons. The first-order chi connectivity index (χ1) is 29.3. The lowest BCUT2D eigenvalue weighted by Gasteiger charge is -2.30. The van der Waals surface area contributed by atoms with Crippen molar-refractivity contribution in [3.8, 4) is 5.75 Å². The van der Waals surface area contributed by atoms with E-state index in [0.717, 1.165) is 6.33 Å². The number of para-hydroxylation sites is 1. The number of rotatable bonds is 16. The second kappa shape index (κ2) is 18.4. The Morgan fingerprint density at radius 2 is 1.63 bits per heavy atom. The summed E-state index contributed by atoms with van der Waals surface area (Å²) < 4.78 is 92.4. The third-order valence-electron chi connectivity index (χ3n) is 10.2. The molecule has 3 saturated heterocycles. The molecule has 1 aromatic carbocycles. The van der Waals surface area contributed by atoms with E-state index in [9.17, 15) is 52.9 Å². The molecule has 7 rings (SSSR count). The molecule has 3 aliphatic rings. The number of fused-ring (bicyclic) bond motifs is 1. The van der Waals surface area contributed by atoms with Crippen molar-refractivity contribution in [2.45, 2.75) is 67.1 Å². The predicted molar refractivity (Wildman–Crippen MR) is 201 cm³/mol. The number of pyridine rings is 1. The van der Waals surface area contributed by atoms with Crippen LogP contribution >= 0.6 is 15.6 Å². The van der Waals surface area contributed by atoms with Gasteiger partial charge in [-0.25, -0.2) is 37.7 Å². The van der Waals surface area contributed by atoms with Crippen LogP contribution in [0.2, 0.25) is 0 Å². The number of halogens is 2.